The van der Waals surface area contributed by atoms with Gasteiger partial charge in [-0.15, -0.1) is 0 Å². The molecular formula is C26H25FN4O2S. The van der Waals surface area contributed by atoms with Gasteiger partial charge in [-0.1, -0.05) is 30.3 Å². The van der Waals surface area contributed by atoms with Crippen molar-refractivity contribution in [3.8, 4) is 16.9 Å². The van der Waals surface area contributed by atoms with E-state index in [1.54, 1.807) is 23.7 Å². The average Bonchev–Trinajstić information content (AvgIpc) is 3.40. The number of nitrogens with zero attached hydrogens (tertiary/aromatic N) is 4. The lowest BCUT2D eigenvalue weighted by Gasteiger charge is -2.35. The van der Waals surface area contributed by atoms with Crippen molar-refractivity contribution >= 4 is 28.9 Å². The van der Waals surface area contributed by atoms with Crippen LogP contribution in [0.25, 0.3) is 23.0 Å². The first kappa shape index (κ1) is 22.6. The van der Waals surface area contributed by atoms with E-state index in [-0.39, 0.29) is 23.9 Å². The molecule has 3 aromatic rings. The van der Waals surface area contributed by atoms with E-state index in [1.807, 2.05) is 56.4 Å². The van der Waals surface area contributed by atoms with Gasteiger partial charge in [0.15, 0.2) is 5.17 Å². The number of amides is 1. The normalized spacial score (nSPS) is 21.9. The third kappa shape index (κ3) is 4.56. The van der Waals surface area contributed by atoms with Crippen molar-refractivity contribution in [2.75, 3.05) is 13.1 Å². The van der Waals surface area contributed by atoms with Crippen LogP contribution in [0.2, 0.25) is 0 Å². The zero-order chi connectivity index (χ0) is 23.8. The summed E-state index contributed by atoms with van der Waals surface area (Å²) in [6.07, 6.45) is 3.81. The number of aliphatic imine (C=N–C) groups is 1. The molecule has 2 atom stereocenters. The predicted octanol–water partition coefficient (Wildman–Crippen LogP) is 5.07. The fourth-order valence-electron chi connectivity index (χ4n) is 4.18. The number of thioether (sulfide) groups is 1. The highest BCUT2D eigenvalue weighted by Gasteiger charge is 2.31. The first-order chi connectivity index (χ1) is 16.4. The molecule has 5 rings (SSSR count). The summed E-state index contributed by atoms with van der Waals surface area (Å²) in [4.78, 5) is 19.7. The summed E-state index contributed by atoms with van der Waals surface area (Å²) in [6, 6.07) is 14.8. The quantitative estimate of drug-likeness (QED) is 0.494. The lowest BCUT2D eigenvalue weighted by Crippen LogP contribution is -2.47. The first-order valence-electron chi connectivity index (χ1n) is 11.2. The van der Waals surface area contributed by atoms with Gasteiger partial charge < -0.3 is 9.64 Å². The Bertz CT molecular complexity index is 1290. The number of carbonyl (C=O) groups is 1. The number of amidine groups is 1. The first-order valence-corrected chi connectivity index (χ1v) is 12.0. The number of halogens is 1. The molecule has 0 aliphatic carbocycles. The SMILES string of the molecule is Cc1ccc(-c2nn(-c3ccccc3)cc2/C=C2\SC(N3C[C@@H](C)O[C@@H](C)C3)=NC2=O)cc1F. The summed E-state index contributed by atoms with van der Waals surface area (Å²) >= 11 is 1.36. The van der Waals surface area contributed by atoms with E-state index >= 15 is 0 Å². The van der Waals surface area contributed by atoms with Crippen LogP contribution < -0.4 is 0 Å². The van der Waals surface area contributed by atoms with E-state index in [0.717, 1.165) is 11.3 Å². The summed E-state index contributed by atoms with van der Waals surface area (Å²) in [6.45, 7) is 7.15. The number of morpholine rings is 1. The summed E-state index contributed by atoms with van der Waals surface area (Å²) in [5.74, 6) is -0.571. The van der Waals surface area contributed by atoms with Crippen LogP contribution in [0.15, 0.2) is 64.6 Å². The molecule has 34 heavy (non-hydrogen) atoms. The predicted molar refractivity (Wildman–Crippen MR) is 133 cm³/mol. The maximum absolute atomic E-state index is 14.4. The molecule has 8 heteroatoms. The van der Waals surface area contributed by atoms with Gasteiger partial charge in [-0.3, -0.25) is 4.79 Å². The zero-order valence-corrected chi connectivity index (χ0v) is 20.1. The van der Waals surface area contributed by atoms with Gasteiger partial charge in [-0.25, -0.2) is 9.07 Å². The van der Waals surface area contributed by atoms with E-state index in [4.69, 9.17) is 9.84 Å². The summed E-state index contributed by atoms with van der Waals surface area (Å²) in [7, 11) is 0. The van der Waals surface area contributed by atoms with Gasteiger partial charge >= 0.3 is 0 Å². The minimum Gasteiger partial charge on any atom is -0.372 e. The van der Waals surface area contributed by atoms with E-state index in [0.29, 0.717) is 40.0 Å². The third-order valence-corrected chi connectivity index (χ3v) is 6.84. The summed E-state index contributed by atoms with van der Waals surface area (Å²) in [5, 5.41) is 5.43. The molecule has 174 valence electrons. The van der Waals surface area contributed by atoms with Crippen molar-refractivity contribution in [2.45, 2.75) is 33.0 Å². The molecule has 1 aromatic heterocycles. The summed E-state index contributed by atoms with van der Waals surface area (Å²) in [5.41, 5.74) is 3.42. The minimum absolute atomic E-state index is 0.0716. The molecule has 1 fully saturated rings. The topological polar surface area (TPSA) is 59.7 Å². The number of hydrogen-bond donors (Lipinski definition) is 0. The van der Waals surface area contributed by atoms with Crippen LogP contribution in [-0.2, 0) is 9.53 Å². The van der Waals surface area contributed by atoms with Crippen molar-refractivity contribution in [3.05, 3.63) is 76.6 Å². The average molecular weight is 477 g/mol. The number of rotatable bonds is 3. The van der Waals surface area contributed by atoms with Gasteiger partial charge in [0.1, 0.15) is 11.5 Å². The molecule has 2 aliphatic heterocycles. The van der Waals surface area contributed by atoms with Crippen molar-refractivity contribution in [3.63, 3.8) is 0 Å². The largest absolute Gasteiger partial charge is 0.372 e. The van der Waals surface area contributed by atoms with E-state index in [1.165, 1.54) is 17.8 Å². The Kier molecular flexibility index (Phi) is 6.10. The monoisotopic (exact) mass is 476 g/mol. The second-order valence-corrected chi connectivity index (χ2v) is 9.66. The summed E-state index contributed by atoms with van der Waals surface area (Å²) < 4.78 is 21.9. The number of ether oxygens (including phenoxy) is 1. The second-order valence-electron chi connectivity index (χ2n) is 8.65. The highest BCUT2D eigenvalue weighted by Crippen LogP contribution is 2.34. The van der Waals surface area contributed by atoms with Crippen molar-refractivity contribution in [2.24, 2.45) is 4.99 Å². The third-order valence-electron chi connectivity index (χ3n) is 5.79. The Hall–Kier alpha value is -3.23. The molecule has 0 radical (unpaired) electrons. The highest BCUT2D eigenvalue weighted by atomic mass is 32.2. The van der Waals surface area contributed by atoms with Gasteiger partial charge in [0.05, 0.1) is 22.8 Å². The fraction of sp³-hybridized carbons (Fsp3) is 0.269. The number of aromatic nitrogens is 2. The van der Waals surface area contributed by atoms with Crippen LogP contribution in [0.4, 0.5) is 4.39 Å². The van der Waals surface area contributed by atoms with Crippen LogP contribution >= 0.6 is 11.8 Å². The molecule has 0 bridgehead atoms. The molecule has 0 spiro atoms. The maximum Gasteiger partial charge on any atom is 0.286 e. The van der Waals surface area contributed by atoms with Crippen molar-refractivity contribution in [1.29, 1.82) is 0 Å². The molecule has 0 N–H and O–H groups in total. The molecule has 2 aliphatic rings. The lowest BCUT2D eigenvalue weighted by molar-refractivity contribution is -0.113. The Morgan fingerprint density at radius 1 is 1.12 bits per heavy atom. The standard InChI is InChI=1S/C26H25FN4O2S/c1-16-9-10-19(11-22(16)27)24-20(15-31(29-24)21-7-5-4-6-8-21)12-23-25(32)28-26(34-23)30-13-17(2)33-18(3)14-30/h4-12,15,17-18H,13-14H2,1-3H3/b23-12-/t17-,18+. The molecule has 0 unspecified atom stereocenters. The molecule has 1 amide bonds. The number of benzene rings is 2. The van der Waals surface area contributed by atoms with Crippen LogP contribution in [0, 0.1) is 12.7 Å². The molecule has 3 heterocycles. The van der Waals surface area contributed by atoms with Gasteiger partial charge in [-0.2, -0.15) is 10.1 Å². The van der Waals surface area contributed by atoms with Gasteiger partial charge in [0.25, 0.3) is 5.91 Å². The zero-order valence-electron chi connectivity index (χ0n) is 19.2. The number of para-hydroxylation sites is 1. The van der Waals surface area contributed by atoms with E-state index < -0.39 is 0 Å². The molecular weight excluding hydrogens is 451 g/mol. The maximum atomic E-state index is 14.4. The lowest BCUT2D eigenvalue weighted by atomic mass is 10.1. The second kappa shape index (κ2) is 9.19. The molecule has 6 nitrogen and oxygen atoms in total. The van der Waals surface area contributed by atoms with Crippen LogP contribution in [0.1, 0.15) is 25.0 Å². The minimum atomic E-state index is -0.294. The van der Waals surface area contributed by atoms with Gasteiger partial charge in [0.2, 0.25) is 0 Å². The van der Waals surface area contributed by atoms with Crippen LogP contribution in [-0.4, -0.2) is 51.1 Å². The van der Waals surface area contributed by atoms with E-state index in [2.05, 4.69) is 9.89 Å². The van der Waals surface area contributed by atoms with Crippen LogP contribution in [0.5, 0.6) is 0 Å². The van der Waals surface area contributed by atoms with Crippen molar-refractivity contribution < 1.29 is 13.9 Å². The van der Waals surface area contributed by atoms with Gasteiger partial charge in [0, 0.05) is 30.4 Å². The molecule has 1 saturated heterocycles. The number of aryl methyl sites for hydroxylation is 1. The molecule has 2 aromatic carbocycles. The smallest absolute Gasteiger partial charge is 0.286 e. The fourth-order valence-corrected chi connectivity index (χ4v) is 5.10. The Balaban J connectivity index is 1.51. The Labute approximate surface area is 202 Å². The van der Waals surface area contributed by atoms with Gasteiger partial charge in [-0.05, 0) is 62.4 Å². The van der Waals surface area contributed by atoms with Crippen molar-refractivity contribution in [1.82, 2.24) is 14.7 Å². The highest BCUT2D eigenvalue weighted by molar-refractivity contribution is 8.18. The Morgan fingerprint density at radius 2 is 1.85 bits per heavy atom. The van der Waals surface area contributed by atoms with E-state index in [9.17, 15) is 9.18 Å². The number of carbonyl (C=O) groups excluding carboxylic acids is 1. The molecule has 0 saturated carbocycles. The Morgan fingerprint density at radius 3 is 2.56 bits per heavy atom. The van der Waals surface area contributed by atoms with Crippen LogP contribution in [0.3, 0.4) is 0 Å². The number of hydrogen-bond acceptors (Lipinski definition) is 5.